The van der Waals surface area contributed by atoms with Gasteiger partial charge < -0.3 is 31.2 Å². The Morgan fingerprint density at radius 3 is 2.09 bits per heavy atom. The summed E-state index contributed by atoms with van der Waals surface area (Å²) in [7, 11) is 2.07. The van der Waals surface area contributed by atoms with Crippen molar-refractivity contribution >= 4 is 34.8 Å². The van der Waals surface area contributed by atoms with Crippen LogP contribution in [0.15, 0.2) is 66.9 Å². The molecule has 0 aliphatic carbocycles. The van der Waals surface area contributed by atoms with E-state index in [1.54, 1.807) is 18.2 Å². The zero-order chi connectivity index (χ0) is 32.7. The second kappa shape index (κ2) is 17.2. The lowest BCUT2D eigenvalue weighted by Gasteiger charge is -2.19. The van der Waals surface area contributed by atoms with Crippen molar-refractivity contribution in [3.05, 3.63) is 72.4 Å². The van der Waals surface area contributed by atoms with Gasteiger partial charge in [-0.05, 0) is 49.4 Å². The summed E-state index contributed by atoms with van der Waals surface area (Å²) in [5.41, 5.74) is -0.0491. The lowest BCUT2D eigenvalue weighted by molar-refractivity contribution is -0.146. The van der Waals surface area contributed by atoms with Gasteiger partial charge in [0.25, 0.3) is 5.91 Å². The molecule has 0 bridgehead atoms. The Morgan fingerprint density at radius 1 is 0.977 bits per heavy atom. The van der Waals surface area contributed by atoms with Gasteiger partial charge in [0.2, 0.25) is 18.2 Å². The molecule has 0 spiro atoms. The van der Waals surface area contributed by atoms with Crippen molar-refractivity contribution in [1.82, 2.24) is 10.3 Å². The van der Waals surface area contributed by atoms with Crippen molar-refractivity contribution in [3.63, 3.8) is 0 Å². The number of pyridine rings is 1. The number of nitrogens with zero attached hydrogens (tertiary/aromatic N) is 1. The molecule has 10 nitrogen and oxygen atoms in total. The number of amides is 3. The molecule has 1 heterocycles. The third kappa shape index (κ3) is 9.92. The molecule has 3 amide bonds. The van der Waals surface area contributed by atoms with Crippen LogP contribution in [0, 0.1) is 11.3 Å². The van der Waals surface area contributed by atoms with E-state index < -0.39 is 41.5 Å². The maximum absolute atomic E-state index is 14.3. The largest absolute Gasteiger partial charge is 0.460 e. The van der Waals surface area contributed by atoms with Crippen LogP contribution >= 0.6 is 0 Å². The van der Waals surface area contributed by atoms with Gasteiger partial charge in [-0.15, -0.1) is 0 Å². The number of hydrogen-bond donors (Lipinski definition) is 5. The highest BCUT2D eigenvalue weighted by molar-refractivity contribution is 6.24. The monoisotopic (exact) mass is 605 g/mol. The Balaban J connectivity index is 0.00000355. The van der Waals surface area contributed by atoms with Crippen molar-refractivity contribution in [2.75, 3.05) is 24.8 Å². The Kier molecular flexibility index (Phi) is 14.5. The molecule has 3 rings (SSSR count). The number of aliphatic hydroxyl groups is 1. The number of carbonyl (C=O) groups is 3. The number of aromatic nitrogens is 1. The molecule has 0 saturated carbocycles. The summed E-state index contributed by atoms with van der Waals surface area (Å²) in [5.74, 6) is -8.64. The van der Waals surface area contributed by atoms with Gasteiger partial charge in [-0.25, -0.2) is 4.39 Å². The molecule has 0 fully saturated rings. The first kappa shape index (κ1) is 36.2. The van der Waals surface area contributed by atoms with Crippen LogP contribution in [0.5, 0.6) is 5.75 Å². The fraction of sp³-hybridized carbons (Fsp3) is 0.300. The Labute approximate surface area is 249 Å². The quantitative estimate of drug-likeness (QED) is 0.154. The third-order valence-electron chi connectivity index (χ3n) is 5.44. The summed E-state index contributed by atoms with van der Waals surface area (Å²) in [4.78, 5) is 41.8. The number of hydrogen-bond acceptors (Lipinski definition) is 7. The van der Waals surface area contributed by atoms with Crippen molar-refractivity contribution in [2.45, 2.75) is 40.0 Å². The van der Waals surface area contributed by atoms with E-state index in [9.17, 15) is 27.6 Å². The number of benzene rings is 2. The highest BCUT2D eigenvalue weighted by atomic mass is 19.3. The van der Waals surface area contributed by atoms with Crippen LogP contribution in [0.1, 0.15) is 34.7 Å². The van der Waals surface area contributed by atoms with E-state index in [4.69, 9.17) is 15.3 Å². The number of nitrogens with one attached hydrogen (secondary N) is 4. The summed E-state index contributed by atoms with van der Waals surface area (Å²) in [6.07, 6.45) is -0.0852. The molecule has 2 aromatic carbocycles. The lowest BCUT2D eigenvalue weighted by atomic mass is 10.0. The maximum atomic E-state index is 14.3. The van der Waals surface area contributed by atoms with E-state index in [0.717, 1.165) is 26.3 Å². The molecular formula is C30H38F3N5O5. The van der Waals surface area contributed by atoms with Crippen LogP contribution in [0.2, 0.25) is 0 Å². The minimum absolute atomic E-state index is 0. The van der Waals surface area contributed by atoms with Crippen LogP contribution in [0.3, 0.4) is 0 Å². The fourth-order valence-electron chi connectivity index (χ4n) is 3.63. The second-order valence-electron chi connectivity index (χ2n) is 8.42. The van der Waals surface area contributed by atoms with Gasteiger partial charge in [-0.1, -0.05) is 32.0 Å². The molecule has 1 aromatic heterocycles. The van der Waals surface area contributed by atoms with E-state index in [1.807, 2.05) is 19.2 Å². The number of rotatable bonds is 10. The first-order chi connectivity index (χ1) is 20.4. The van der Waals surface area contributed by atoms with Crippen LogP contribution in [0.4, 0.5) is 24.5 Å². The number of aliphatic hydroxyl groups excluding tert-OH is 1. The number of alkyl halides is 3. The van der Waals surface area contributed by atoms with Crippen molar-refractivity contribution in [2.24, 2.45) is 5.92 Å². The van der Waals surface area contributed by atoms with Gasteiger partial charge in [0.1, 0.15) is 5.75 Å². The lowest BCUT2D eigenvalue weighted by Crippen LogP contribution is -2.38. The normalized spacial score (nSPS) is 11.7. The van der Waals surface area contributed by atoms with Gasteiger partial charge in [-0.2, -0.15) is 8.78 Å². The average molecular weight is 606 g/mol. The number of carbonyl (C=O) groups excluding carboxylic acids is 3. The van der Waals surface area contributed by atoms with E-state index in [0.29, 0.717) is 11.3 Å². The Morgan fingerprint density at radius 2 is 1.58 bits per heavy atom. The number of halogens is 3. The Hall–Kier alpha value is -4.78. The highest BCUT2D eigenvalue weighted by Crippen LogP contribution is 2.33. The molecule has 234 valence electrons. The van der Waals surface area contributed by atoms with E-state index >= 15 is 0 Å². The smallest absolute Gasteiger partial charge is 0.349 e. The SMILES string of the molecule is CC.CNC(=O)C(F)(F)c1cccc(NC(=O)C(C(C)=N)C(=O)Nc2ccc(OC(C)F)c(-c3ccccn3)c2)c1.CO.[HH]. The predicted octanol–water partition coefficient (Wildman–Crippen LogP) is 5.39. The van der Waals surface area contributed by atoms with Gasteiger partial charge in [-0.3, -0.25) is 19.4 Å². The molecule has 3 aromatic rings. The Bertz CT molecular complexity index is 1390. The first-order valence-electron chi connectivity index (χ1n) is 13.1. The second-order valence-corrected chi connectivity index (χ2v) is 8.42. The predicted molar refractivity (Wildman–Crippen MR) is 161 cm³/mol. The molecule has 0 aliphatic rings. The van der Waals surface area contributed by atoms with Crippen molar-refractivity contribution in [1.29, 1.82) is 5.41 Å². The van der Waals surface area contributed by atoms with E-state index in [-0.39, 0.29) is 24.3 Å². The summed E-state index contributed by atoms with van der Waals surface area (Å²) < 4.78 is 47.4. The van der Waals surface area contributed by atoms with E-state index in [2.05, 4.69) is 15.6 Å². The number of anilines is 2. The molecule has 2 unspecified atom stereocenters. The molecule has 5 N–H and O–H groups in total. The van der Waals surface area contributed by atoms with Gasteiger partial charge in [0.15, 0.2) is 5.92 Å². The summed E-state index contributed by atoms with van der Waals surface area (Å²) >= 11 is 0. The van der Waals surface area contributed by atoms with Crippen LogP contribution in [-0.4, -0.2) is 54.0 Å². The molecule has 0 saturated heterocycles. The fourth-order valence-corrected chi connectivity index (χ4v) is 3.63. The van der Waals surface area contributed by atoms with Gasteiger partial charge in [0, 0.05) is 56.9 Å². The highest BCUT2D eigenvalue weighted by Gasteiger charge is 2.40. The minimum Gasteiger partial charge on any atom is -0.460 e. The van der Waals surface area contributed by atoms with Crippen LogP contribution < -0.4 is 20.7 Å². The van der Waals surface area contributed by atoms with Crippen molar-refractivity contribution in [3.8, 4) is 17.0 Å². The maximum Gasteiger partial charge on any atom is 0.349 e. The zero-order valence-electron chi connectivity index (χ0n) is 24.7. The summed E-state index contributed by atoms with van der Waals surface area (Å²) in [5, 5.41) is 21.8. The van der Waals surface area contributed by atoms with Gasteiger partial charge >= 0.3 is 5.92 Å². The molecular weight excluding hydrogens is 567 g/mol. The average Bonchev–Trinajstić information content (AvgIpc) is 2.99. The number of ether oxygens (including phenoxy) is 1. The van der Waals surface area contributed by atoms with Crippen LogP contribution in [0.25, 0.3) is 11.3 Å². The molecule has 13 heteroatoms. The summed E-state index contributed by atoms with van der Waals surface area (Å²) in [6.45, 7) is 6.46. The third-order valence-corrected chi connectivity index (χ3v) is 5.44. The topological polar surface area (TPSA) is 154 Å². The van der Waals surface area contributed by atoms with Crippen molar-refractivity contribution < 1.29 is 38.8 Å². The minimum atomic E-state index is -3.86. The molecule has 2 atom stereocenters. The standard InChI is InChI=1S/C27H26F3N5O4.C2H6.CH4O.H2/c1-15(31)23(24(36)34-18-8-6-7-17(13-18)27(29,30)26(38)32-3)25(37)35-19-10-11-22(39-16(2)28)20(14-19)21-9-4-5-12-33-21;2*1-2;/h4-14,16,23,31H,1-3H3,(H,32,38)(H,34,36)(H,35,37);1-2H3;2H,1H3;1H. The molecule has 0 aliphatic heterocycles. The molecule has 43 heavy (non-hydrogen) atoms. The van der Waals surface area contributed by atoms with Crippen LogP contribution in [-0.2, 0) is 20.3 Å². The van der Waals surface area contributed by atoms with Gasteiger partial charge in [0.05, 0.1) is 5.69 Å². The molecule has 0 radical (unpaired) electrons. The number of likely N-dealkylation sites (N-methyl/N-ethyl adjacent to an activating group) is 1. The zero-order valence-corrected chi connectivity index (χ0v) is 24.7. The van der Waals surface area contributed by atoms with E-state index in [1.165, 1.54) is 50.4 Å². The summed E-state index contributed by atoms with van der Waals surface area (Å²) in [6, 6.07) is 13.9. The first-order valence-corrected chi connectivity index (χ1v) is 13.1.